The molecule has 1 amide bonds. The van der Waals surface area contributed by atoms with Crippen molar-refractivity contribution < 1.29 is 18.0 Å². The zero-order valence-electron chi connectivity index (χ0n) is 14.9. The van der Waals surface area contributed by atoms with E-state index in [0.29, 0.717) is 25.5 Å². The number of carbonyl (C=O) groups excluding carboxylic acids is 1. The number of rotatable bonds is 2. The van der Waals surface area contributed by atoms with Crippen LogP contribution in [0.2, 0.25) is 0 Å². The second-order valence-electron chi connectivity index (χ2n) is 7.26. The van der Waals surface area contributed by atoms with Crippen LogP contribution in [0.1, 0.15) is 24.1 Å². The Kier molecular flexibility index (Phi) is 4.32. The van der Waals surface area contributed by atoms with Crippen molar-refractivity contribution in [3.05, 3.63) is 59.8 Å². The summed E-state index contributed by atoms with van der Waals surface area (Å²) < 4.78 is 38.3. The van der Waals surface area contributed by atoms with Crippen LogP contribution >= 0.6 is 0 Å². The molecule has 27 heavy (non-hydrogen) atoms. The zero-order valence-corrected chi connectivity index (χ0v) is 14.9. The van der Waals surface area contributed by atoms with Crippen LogP contribution < -0.4 is 4.90 Å². The Morgan fingerprint density at radius 3 is 2.41 bits per heavy atom. The van der Waals surface area contributed by atoms with Crippen LogP contribution in [0, 0.1) is 11.8 Å². The summed E-state index contributed by atoms with van der Waals surface area (Å²) in [5.41, 5.74) is 0.359. The number of likely N-dealkylation sites (tertiary alicyclic amines) is 1. The minimum absolute atomic E-state index is 0.00634. The van der Waals surface area contributed by atoms with Gasteiger partial charge in [-0.1, -0.05) is 30.3 Å². The topological polar surface area (TPSA) is 36.4 Å². The predicted molar refractivity (Wildman–Crippen MR) is 95.0 cm³/mol. The van der Waals surface area contributed by atoms with E-state index < -0.39 is 11.7 Å². The largest absolute Gasteiger partial charge is 0.417 e. The molecular formula is C20H20F3N3O. The smallest absolute Gasteiger partial charge is 0.356 e. The summed E-state index contributed by atoms with van der Waals surface area (Å²) in [4.78, 5) is 20.1. The average Bonchev–Trinajstić information content (AvgIpc) is 3.19. The van der Waals surface area contributed by atoms with Crippen molar-refractivity contribution >= 4 is 11.7 Å². The number of benzene rings is 1. The number of halogens is 3. The molecule has 3 heterocycles. The van der Waals surface area contributed by atoms with Crippen molar-refractivity contribution in [3.63, 3.8) is 0 Å². The molecule has 2 aromatic rings. The first kappa shape index (κ1) is 17.8. The number of fused-ring (bicyclic) bond motifs is 1. The summed E-state index contributed by atoms with van der Waals surface area (Å²) in [6.07, 6.45) is -3.49. The van der Waals surface area contributed by atoms with Gasteiger partial charge in [0, 0.05) is 44.6 Å². The van der Waals surface area contributed by atoms with Crippen LogP contribution in [0.4, 0.5) is 19.0 Å². The molecule has 0 radical (unpaired) electrons. The summed E-state index contributed by atoms with van der Waals surface area (Å²) in [6.45, 7) is 3.62. The zero-order chi connectivity index (χ0) is 19.2. The lowest BCUT2D eigenvalue weighted by atomic mass is 9.89. The van der Waals surface area contributed by atoms with E-state index in [9.17, 15) is 18.0 Å². The molecule has 0 unspecified atom stereocenters. The highest BCUT2D eigenvalue weighted by Crippen LogP contribution is 2.45. The fraction of sp³-hybridized carbons (Fsp3) is 0.400. The molecule has 4 rings (SSSR count). The maximum Gasteiger partial charge on any atom is 0.417 e. The Morgan fingerprint density at radius 2 is 1.81 bits per heavy atom. The third-order valence-corrected chi connectivity index (χ3v) is 5.61. The van der Waals surface area contributed by atoms with Crippen molar-refractivity contribution in [1.29, 1.82) is 0 Å². The SMILES string of the molecule is CC(=O)N1C[C@H]2CN(c3ccc(C(F)(F)F)cn3)C[C@H]2[C@@H]1c1ccccc1. The monoisotopic (exact) mass is 375 g/mol. The Bertz CT molecular complexity index is 823. The molecular weight excluding hydrogens is 355 g/mol. The van der Waals surface area contributed by atoms with Gasteiger partial charge >= 0.3 is 6.18 Å². The second-order valence-corrected chi connectivity index (χ2v) is 7.26. The van der Waals surface area contributed by atoms with Crippen molar-refractivity contribution in [2.24, 2.45) is 11.8 Å². The molecule has 0 saturated carbocycles. The van der Waals surface area contributed by atoms with Crippen LogP contribution in [0.15, 0.2) is 48.7 Å². The van der Waals surface area contributed by atoms with E-state index in [0.717, 1.165) is 17.8 Å². The number of pyridine rings is 1. The van der Waals surface area contributed by atoms with Gasteiger partial charge in [-0.25, -0.2) is 4.98 Å². The lowest BCUT2D eigenvalue weighted by Crippen LogP contribution is -2.34. The number of nitrogens with zero attached hydrogens (tertiary/aromatic N) is 3. The van der Waals surface area contributed by atoms with Gasteiger partial charge in [0.2, 0.25) is 5.91 Å². The first-order valence-electron chi connectivity index (χ1n) is 8.95. The van der Waals surface area contributed by atoms with Gasteiger partial charge in [0.25, 0.3) is 0 Å². The third kappa shape index (κ3) is 3.26. The Morgan fingerprint density at radius 1 is 1.07 bits per heavy atom. The molecule has 1 aromatic heterocycles. The fourth-order valence-corrected chi connectivity index (χ4v) is 4.37. The van der Waals surface area contributed by atoms with Crippen LogP contribution in [0.5, 0.6) is 0 Å². The van der Waals surface area contributed by atoms with Crippen molar-refractivity contribution in [2.75, 3.05) is 24.5 Å². The molecule has 0 N–H and O–H groups in total. The molecule has 0 aliphatic carbocycles. The van der Waals surface area contributed by atoms with Gasteiger partial charge in [-0.3, -0.25) is 4.79 Å². The van der Waals surface area contributed by atoms with Crippen LogP contribution in [-0.2, 0) is 11.0 Å². The summed E-state index contributed by atoms with van der Waals surface area (Å²) in [6, 6.07) is 12.4. The maximum atomic E-state index is 12.8. The van der Waals surface area contributed by atoms with Crippen molar-refractivity contribution in [2.45, 2.75) is 19.1 Å². The number of anilines is 1. The number of aromatic nitrogens is 1. The minimum atomic E-state index is -4.38. The van der Waals surface area contributed by atoms with E-state index in [4.69, 9.17) is 0 Å². The number of alkyl halides is 3. The van der Waals surface area contributed by atoms with Crippen molar-refractivity contribution in [3.8, 4) is 0 Å². The molecule has 4 nitrogen and oxygen atoms in total. The normalized spacial score (nSPS) is 25.0. The van der Waals surface area contributed by atoms with Crippen molar-refractivity contribution in [1.82, 2.24) is 9.88 Å². The third-order valence-electron chi connectivity index (χ3n) is 5.61. The van der Waals surface area contributed by atoms with E-state index in [1.165, 1.54) is 6.07 Å². The molecule has 7 heteroatoms. The van der Waals surface area contributed by atoms with Gasteiger partial charge in [0.1, 0.15) is 5.82 Å². The van der Waals surface area contributed by atoms with Gasteiger partial charge in [-0.15, -0.1) is 0 Å². The summed E-state index contributed by atoms with van der Waals surface area (Å²) in [5, 5.41) is 0. The highest BCUT2D eigenvalue weighted by Gasteiger charge is 2.48. The lowest BCUT2D eigenvalue weighted by molar-refractivity contribution is -0.137. The number of amides is 1. The molecule has 0 bridgehead atoms. The molecule has 2 aliphatic heterocycles. The summed E-state index contributed by atoms with van der Waals surface area (Å²) in [7, 11) is 0. The molecule has 2 saturated heterocycles. The highest BCUT2D eigenvalue weighted by molar-refractivity contribution is 5.74. The van der Waals surface area contributed by atoms with Gasteiger partial charge in [0.05, 0.1) is 11.6 Å². The van der Waals surface area contributed by atoms with Crippen LogP contribution in [0.3, 0.4) is 0 Å². The van der Waals surface area contributed by atoms with Gasteiger partial charge in [-0.05, 0) is 17.7 Å². The number of hydrogen-bond donors (Lipinski definition) is 0. The predicted octanol–water partition coefficient (Wildman–Crippen LogP) is 3.76. The summed E-state index contributed by atoms with van der Waals surface area (Å²) in [5.74, 6) is 1.12. The number of hydrogen-bond acceptors (Lipinski definition) is 3. The van der Waals surface area contributed by atoms with E-state index in [2.05, 4.69) is 4.98 Å². The lowest BCUT2D eigenvalue weighted by Gasteiger charge is -2.29. The quantitative estimate of drug-likeness (QED) is 0.802. The molecule has 2 fully saturated rings. The highest BCUT2D eigenvalue weighted by atomic mass is 19.4. The van der Waals surface area contributed by atoms with Gasteiger partial charge in [-0.2, -0.15) is 13.2 Å². The molecule has 2 aliphatic rings. The van der Waals surface area contributed by atoms with Crippen LogP contribution in [0.25, 0.3) is 0 Å². The molecule has 142 valence electrons. The van der Waals surface area contributed by atoms with E-state index in [1.54, 1.807) is 6.92 Å². The van der Waals surface area contributed by atoms with Crippen LogP contribution in [-0.4, -0.2) is 35.4 Å². The molecule has 3 atom stereocenters. The second kappa shape index (κ2) is 6.55. The maximum absolute atomic E-state index is 12.8. The molecule has 0 spiro atoms. The Balaban J connectivity index is 1.57. The Hall–Kier alpha value is -2.57. The standard InChI is InChI=1S/C20H20F3N3O/c1-13(27)26-11-15-10-25(18-8-7-16(9-24-18)20(21,22)23)12-17(15)19(26)14-5-3-2-4-6-14/h2-9,15,17,19H,10-12H2,1H3/t15-,17-,19+/m1/s1. The Labute approximate surface area is 155 Å². The van der Waals surface area contributed by atoms with E-state index in [-0.39, 0.29) is 23.8 Å². The fourth-order valence-electron chi connectivity index (χ4n) is 4.37. The average molecular weight is 375 g/mol. The van der Waals surface area contributed by atoms with Gasteiger partial charge in [0.15, 0.2) is 0 Å². The van der Waals surface area contributed by atoms with Gasteiger partial charge < -0.3 is 9.80 Å². The molecule has 1 aromatic carbocycles. The summed E-state index contributed by atoms with van der Waals surface area (Å²) >= 11 is 0. The van der Waals surface area contributed by atoms with E-state index in [1.807, 2.05) is 40.1 Å². The number of carbonyl (C=O) groups is 1. The van der Waals surface area contributed by atoms with E-state index >= 15 is 0 Å². The minimum Gasteiger partial charge on any atom is -0.356 e. The first-order chi connectivity index (χ1) is 12.8. The first-order valence-corrected chi connectivity index (χ1v) is 8.95.